The summed E-state index contributed by atoms with van der Waals surface area (Å²) in [5.74, 6) is 0.154. The number of halogens is 4. The Morgan fingerprint density at radius 2 is 1.82 bits per heavy atom. The van der Waals surface area contributed by atoms with E-state index in [-0.39, 0.29) is 5.82 Å². The van der Waals surface area contributed by atoms with Crippen LogP contribution in [0, 0.1) is 5.82 Å². The molecule has 33 heavy (non-hydrogen) atoms. The van der Waals surface area contributed by atoms with Gasteiger partial charge in [-0.1, -0.05) is 12.1 Å². The Labute approximate surface area is 194 Å². The zero-order chi connectivity index (χ0) is 24.0. The maximum atomic E-state index is 14.0. The Kier molecular flexibility index (Phi) is 7.88. The van der Waals surface area contributed by atoms with Crippen molar-refractivity contribution in [2.45, 2.75) is 17.6 Å². The van der Waals surface area contributed by atoms with E-state index < -0.39 is 11.7 Å². The van der Waals surface area contributed by atoms with Crippen molar-refractivity contribution < 1.29 is 22.3 Å². The lowest BCUT2D eigenvalue weighted by Gasteiger charge is -2.09. The van der Waals surface area contributed by atoms with Gasteiger partial charge in [-0.15, -0.1) is 12.6 Å². The van der Waals surface area contributed by atoms with Gasteiger partial charge < -0.3 is 20.4 Å². The number of ether oxygens (including phenoxy) is 1. The molecule has 1 aromatic heterocycles. The summed E-state index contributed by atoms with van der Waals surface area (Å²) in [5, 5.41) is 7.39. The first-order valence-electron chi connectivity index (χ1n) is 9.92. The van der Waals surface area contributed by atoms with Crippen LogP contribution in [-0.2, 0) is 12.7 Å². The number of aromatic nitrogens is 1. The third-order valence-corrected chi connectivity index (χ3v) is 5.04. The molecule has 0 bridgehead atoms. The molecule has 0 saturated carbocycles. The number of fused-ring (bicyclic) bond motifs is 1. The molecular weight excluding hydrogens is 454 g/mol. The quantitative estimate of drug-likeness (QED) is 0.189. The molecule has 4 rings (SSSR count). The van der Waals surface area contributed by atoms with Crippen molar-refractivity contribution in [2.24, 2.45) is 0 Å². The highest BCUT2D eigenvalue weighted by Crippen LogP contribution is 2.30. The number of nitrogens with one attached hydrogen (secondary N) is 3. The molecule has 1 heterocycles. The normalized spacial score (nSPS) is 11.1. The molecule has 0 saturated heterocycles. The van der Waals surface area contributed by atoms with Gasteiger partial charge in [0.1, 0.15) is 11.6 Å². The van der Waals surface area contributed by atoms with Crippen LogP contribution >= 0.6 is 12.6 Å². The van der Waals surface area contributed by atoms with E-state index in [0.29, 0.717) is 16.3 Å². The van der Waals surface area contributed by atoms with Crippen molar-refractivity contribution >= 4 is 34.9 Å². The smallest absolute Gasteiger partial charge is 0.416 e. The second kappa shape index (κ2) is 10.6. The molecule has 9 heteroatoms. The molecule has 0 fully saturated rings. The summed E-state index contributed by atoms with van der Waals surface area (Å²) in [6.07, 6.45) is -2.28. The number of hydrogen-bond acceptors (Lipinski definition) is 4. The number of rotatable bonds is 5. The molecule has 0 amide bonds. The third-order valence-electron chi connectivity index (χ3n) is 4.76. The summed E-state index contributed by atoms with van der Waals surface area (Å²) in [6, 6.07) is 15.5. The molecule has 0 atom stereocenters. The second-order valence-electron chi connectivity index (χ2n) is 7.12. The Hall–Kier alpha value is -3.17. The van der Waals surface area contributed by atoms with E-state index in [4.69, 9.17) is 4.74 Å². The van der Waals surface area contributed by atoms with Crippen molar-refractivity contribution in [1.82, 2.24) is 10.3 Å². The molecule has 0 spiro atoms. The number of hydrogen-bond donors (Lipinski definition) is 4. The molecule has 3 aromatic carbocycles. The van der Waals surface area contributed by atoms with Crippen LogP contribution in [0.15, 0.2) is 71.8 Å². The molecule has 0 radical (unpaired) electrons. The first-order chi connectivity index (χ1) is 15.7. The van der Waals surface area contributed by atoms with Crippen molar-refractivity contribution in [3.8, 4) is 5.75 Å². The number of aromatic amines is 1. The molecule has 0 aliphatic rings. The van der Waals surface area contributed by atoms with Crippen LogP contribution in [0.2, 0.25) is 0 Å². The fourth-order valence-corrected chi connectivity index (χ4v) is 3.39. The SMILES string of the molecule is CNCc1c[nH]c2cc(Nc3ccc(OC)cc3F)ccc12.FC(F)(F)c1cccc(S)c1. The number of anilines is 2. The standard InChI is InChI=1S/C17H18FN3O.C7H5F3S/c1-19-9-11-10-20-17-7-12(3-5-14(11)17)21-16-6-4-13(22-2)8-15(16)18;8-7(9,10)5-2-1-3-6(11)4-5/h3-8,10,19-21H,9H2,1-2H3;1-4,11H. The third kappa shape index (κ3) is 6.43. The minimum Gasteiger partial charge on any atom is -0.497 e. The highest BCUT2D eigenvalue weighted by atomic mass is 32.1. The van der Waals surface area contributed by atoms with Gasteiger partial charge in [-0.05, 0) is 55.1 Å². The van der Waals surface area contributed by atoms with Gasteiger partial charge in [0.05, 0.1) is 18.4 Å². The molecule has 4 aromatic rings. The summed E-state index contributed by atoms with van der Waals surface area (Å²) in [4.78, 5) is 3.56. The monoisotopic (exact) mass is 477 g/mol. The lowest BCUT2D eigenvalue weighted by Crippen LogP contribution is -2.03. The summed E-state index contributed by atoms with van der Waals surface area (Å²) in [5.41, 5.74) is 2.81. The second-order valence-corrected chi connectivity index (χ2v) is 7.64. The number of methoxy groups -OCH3 is 1. The van der Waals surface area contributed by atoms with Crippen molar-refractivity contribution in [2.75, 3.05) is 19.5 Å². The van der Waals surface area contributed by atoms with E-state index in [9.17, 15) is 17.6 Å². The maximum Gasteiger partial charge on any atom is 0.416 e. The van der Waals surface area contributed by atoms with Crippen LogP contribution in [0.4, 0.5) is 28.9 Å². The summed E-state index contributed by atoms with van der Waals surface area (Å²) >= 11 is 3.79. The van der Waals surface area contributed by atoms with Crippen LogP contribution in [0.1, 0.15) is 11.1 Å². The van der Waals surface area contributed by atoms with Gasteiger partial charge in [0.15, 0.2) is 0 Å². The van der Waals surface area contributed by atoms with Crippen LogP contribution in [-0.4, -0.2) is 19.1 Å². The fourth-order valence-electron chi connectivity index (χ4n) is 3.16. The van der Waals surface area contributed by atoms with Gasteiger partial charge in [-0.25, -0.2) is 4.39 Å². The predicted molar refractivity (Wildman–Crippen MR) is 126 cm³/mol. The molecule has 0 aliphatic carbocycles. The van der Waals surface area contributed by atoms with Crippen LogP contribution in [0.5, 0.6) is 5.75 Å². The average molecular weight is 478 g/mol. The number of alkyl halides is 3. The first kappa shape index (κ1) is 24.5. The zero-order valence-corrected chi connectivity index (χ0v) is 18.8. The number of thiol groups is 1. The predicted octanol–water partition coefficient (Wildman–Crippen LogP) is 6.77. The molecule has 0 unspecified atom stereocenters. The minimum atomic E-state index is -4.27. The van der Waals surface area contributed by atoms with Crippen molar-refractivity contribution in [3.63, 3.8) is 0 Å². The summed E-state index contributed by atoms with van der Waals surface area (Å²) < 4.78 is 54.8. The Morgan fingerprint density at radius 1 is 1.03 bits per heavy atom. The lowest BCUT2D eigenvalue weighted by atomic mass is 10.1. The fraction of sp³-hybridized carbons (Fsp3) is 0.167. The van der Waals surface area contributed by atoms with E-state index in [1.54, 1.807) is 12.1 Å². The Morgan fingerprint density at radius 3 is 2.42 bits per heavy atom. The Bertz CT molecular complexity index is 1220. The number of H-pyrrole nitrogens is 1. The van der Waals surface area contributed by atoms with E-state index in [1.807, 2.05) is 31.4 Å². The average Bonchev–Trinajstić information content (AvgIpc) is 3.17. The minimum absolute atomic E-state index is 0.319. The molecule has 174 valence electrons. The van der Waals surface area contributed by atoms with Crippen LogP contribution in [0.3, 0.4) is 0 Å². The summed E-state index contributed by atoms with van der Waals surface area (Å²) in [6.45, 7) is 0.805. The largest absolute Gasteiger partial charge is 0.497 e. The topological polar surface area (TPSA) is 49.1 Å². The molecule has 4 nitrogen and oxygen atoms in total. The highest BCUT2D eigenvalue weighted by molar-refractivity contribution is 7.80. The van der Waals surface area contributed by atoms with Gasteiger partial charge in [0.25, 0.3) is 0 Å². The lowest BCUT2D eigenvalue weighted by molar-refractivity contribution is -0.137. The van der Waals surface area contributed by atoms with Gasteiger partial charge in [0, 0.05) is 40.3 Å². The van der Waals surface area contributed by atoms with Gasteiger partial charge >= 0.3 is 6.18 Å². The zero-order valence-electron chi connectivity index (χ0n) is 17.9. The van der Waals surface area contributed by atoms with Crippen molar-refractivity contribution in [1.29, 1.82) is 0 Å². The Balaban J connectivity index is 0.000000235. The van der Waals surface area contributed by atoms with E-state index in [0.717, 1.165) is 35.3 Å². The van der Waals surface area contributed by atoms with Crippen LogP contribution < -0.4 is 15.4 Å². The van der Waals surface area contributed by atoms with Gasteiger partial charge in [-0.2, -0.15) is 13.2 Å². The van der Waals surface area contributed by atoms with E-state index in [1.165, 1.54) is 30.9 Å². The number of benzene rings is 3. The molecule has 3 N–H and O–H groups in total. The van der Waals surface area contributed by atoms with Crippen molar-refractivity contribution in [3.05, 3.63) is 83.8 Å². The van der Waals surface area contributed by atoms with Crippen LogP contribution in [0.25, 0.3) is 10.9 Å². The first-order valence-corrected chi connectivity index (χ1v) is 10.4. The summed E-state index contributed by atoms with van der Waals surface area (Å²) in [7, 11) is 3.44. The van der Waals surface area contributed by atoms with Gasteiger partial charge in [-0.3, -0.25) is 0 Å². The van der Waals surface area contributed by atoms with E-state index >= 15 is 0 Å². The molecular formula is C24H23F4N3OS. The molecule has 0 aliphatic heterocycles. The highest BCUT2D eigenvalue weighted by Gasteiger charge is 2.30. The van der Waals surface area contributed by atoms with Gasteiger partial charge in [0.2, 0.25) is 0 Å². The van der Waals surface area contributed by atoms with E-state index in [2.05, 4.69) is 28.2 Å². The maximum absolute atomic E-state index is 14.0.